The van der Waals surface area contributed by atoms with Crippen LogP contribution in [0.4, 0.5) is 0 Å². The lowest BCUT2D eigenvalue weighted by atomic mass is 9.98. The first-order chi connectivity index (χ1) is 7.21. The second-order valence-corrected chi connectivity index (χ2v) is 8.10. The van der Waals surface area contributed by atoms with Crippen LogP contribution in [0.5, 0.6) is 0 Å². The first-order valence-electron chi connectivity index (χ1n) is 5.92. The van der Waals surface area contributed by atoms with Crippen LogP contribution in [0, 0.1) is 5.41 Å². The number of hydrogen-bond acceptors (Lipinski definition) is 3. The van der Waals surface area contributed by atoms with Gasteiger partial charge in [-0.05, 0) is 25.2 Å². The molecule has 4 nitrogen and oxygen atoms in total. The Morgan fingerprint density at radius 2 is 1.88 bits per heavy atom. The molecule has 1 aliphatic carbocycles. The zero-order chi connectivity index (χ0) is 12.4. The normalized spacial score (nSPS) is 19.8. The molecule has 1 unspecified atom stereocenters. The minimum absolute atomic E-state index is 0.0172. The average molecular weight is 248 g/mol. The van der Waals surface area contributed by atoms with E-state index in [1.54, 1.807) is 6.92 Å². The summed E-state index contributed by atoms with van der Waals surface area (Å²) in [5.74, 6) is 0. The number of hydrogen-bond donors (Lipinski definition) is 2. The Labute approximate surface area is 99.2 Å². The Morgan fingerprint density at radius 3 is 2.31 bits per heavy atom. The van der Waals surface area contributed by atoms with Crippen molar-refractivity contribution in [3.8, 4) is 0 Å². The molecular weight excluding hydrogens is 224 g/mol. The van der Waals surface area contributed by atoms with E-state index in [9.17, 15) is 8.42 Å². The van der Waals surface area contributed by atoms with Gasteiger partial charge < -0.3 is 5.32 Å². The van der Waals surface area contributed by atoms with Gasteiger partial charge in [-0.2, -0.15) is 0 Å². The van der Waals surface area contributed by atoms with E-state index in [1.807, 2.05) is 20.8 Å². The summed E-state index contributed by atoms with van der Waals surface area (Å²) in [5.41, 5.74) is -0.0172. The van der Waals surface area contributed by atoms with Crippen LogP contribution < -0.4 is 10.0 Å². The van der Waals surface area contributed by atoms with Gasteiger partial charge in [-0.1, -0.05) is 20.8 Å². The highest BCUT2D eigenvalue weighted by molar-refractivity contribution is 7.90. The van der Waals surface area contributed by atoms with Crippen LogP contribution >= 0.6 is 0 Å². The molecule has 1 saturated carbocycles. The molecule has 16 heavy (non-hydrogen) atoms. The van der Waals surface area contributed by atoms with Crippen LogP contribution in [0.1, 0.15) is 40.5 Å². The highest BCUT2D eigenvalue weighted by Crippen LogP contribution is 2.18. The van der Waals surface area contributed by atoms with E-state index in [4.69, 9.17) is 0 Å². The molecule has 1 aliphatic rings. The van der Waals surface area contributed by atoms with Gasteiger partial charge in [0.05, 0.1) is 5.25 Å². The summed E-state index contributed by atoms with van der Waals surface area (Å²) in [6.45, 7) is 8.83. The topological polar surface area (TPSA) is 58.2 Å². The molecule has 0 radical (unpaired) electrons. The molecular formula is C11H24N2O2S. The summed E-state index contributed by atoms with van der Waals surface area (Å²) in [7, 11) is -3.17. The fraction of sp³-hybridized carbons (Fsp3) is 1.00. The van der Waals surface area contributed by atoms with Crippen LogP contribution in [0.3, 0.4) is 0 Å². The predicted molar refractivity (Wildman–Crippen MR) is 66.9 cm³/mol. The smallest absolute Gasteiger partial charge is 0.215 e. The van der Waals surface area contributed by atoms with Crippen molar-refractivity contribution in [2.75, 3.05) is 13.1 Å². The summed E-state index contributed by atoms with van der Waals surface area (Å²) in [4.78, 5) is 0. The lowest BCUT2D eigenvalue weighted by Crippen LogP contribution is -2.42. The van der Waals surface area contributed by atoms with Crippen LogP contribution in [0.2, 0.25) is 0 Å². The van der Waals surface area contributed by atoms with E-state index in [1.165, 1.54) is 12.8 Å². The van der Waals surface area contributed by atoms with Gasteiger partial charge in [0.25, 0.3) is 0 Å². The lowest BCUT2D eigenvalue weighted by Gasteiger charge is -2.21. The third kappa shape index (κ3) is 5.27. The molecule has 0 saturated heterocycles. The van der Waals surface area contributed by atoms with Crippen molar-refractivity contribution < 1.29 is 8.42 Å². The first kappa shape index (κ1) is 13.9. The Morgan fingerprint density at radius 1 is 1.31 bits per heavy atom. The molecule has 1 atom stereocenters. The second-order valence-electron chi connectivity index (χ2n) is 5.92. The standard InChI is InChI=1S/C11H24N2O2S/c1-9(7-12-10-5-6-10)16(14,15)13-8-11(2,3)4/h9-10,12-13H,5-8H2,1-4H3. The van der Waals surface area contributed by atoms with Crippen LogP contribution in [-0.4, -0.2) is 32.8 Å². The fourth-order valence-electron chi connectivity index (χ4n) is 1.19. The number of nitrogens with one attached hydrogen (secondary N) is 2. The molecule has 0 aliphatic heterocycles. The average Bonchev–Trinajstić information content (AvgIpc) is 2.93. The summed E-state index contributed by atoms with van der Waals surface area (Å²) in [5, 5.41) is 2.88. The molecule has 0 aromatic heterocycles. The van der Waals surface area contributed by atoms with Crippen molar-refractivity contribution in [1.82, 2.24) is 10.0 Å². The van der Waals surface area contributed by atoms with Gasteiger partial charge in [0.2, 0.25) is 10.0 Å². The predicted octanol–water partition coefficient (Wildman–Crippen LogP) is 1.09. The highest BCUT2D eigenvalue weighted by Gasteiger charge is 2.26. The third-order valence-corrected chi connectivity index (χ3v) is 4.38. The van der Waals surface area contributed by atoms with Gasteiger partial charge in [-0.25, -0.2) is 13.1 Å². The van der Waals surface area contributed by atoms with Crippen molar-refractivity contribution in [3.63, 3.8) is 0 Å². The largest absolute Gasteiger partial charge is 0.313 e. The molecule has 0 aromatic carbocycles. The van der Waals surface area contributed by atoms with Crippen molar-refractivity contribution in [3.05, 3.63) is 0 Å². The van der Waals surface area contributed by atoms with Gasteiger partial charge in [-0.3, -0.25) is 0 Å². The third-order valence-electron chi connectivity index (χ3n) is 2.60. The van der Waals surface area contributed by atoms with E-state index in [0.717, 1.165) is 0 Å². The summed E-state index contributed by atoms with van der Waals surface area (Å²) < 4.78 is 26.4. The zero-order valence-corrected chi connectivity index (χ0v) is 11.5. The Bertz CT molecular complexity index is 315. The molecule has 0 bridgehead atoms. The number of sulfonamides is 1. The minimum Gasteiger partial charge on any atom is -0.313 e. The van der Waals surface area contributed by atoms with Crippen molar-refractivity contribution in [2.24, 2.45) is 5.41 Å². The maximum atomic E-state index is 11.9. The van der Waals surface area contributed by atoms with E-state index >= 15 is 0 Å². The van der Waals surface area contributed by atoms with E-state index in [-0.39, 0.29) is 10.7 Å². The van der Waals surface area contributed by atoms with Crippen molar-refractivity contribution in [2.45, 2.75) is 51.8 Å². The minimum atomic E-state index is -3.17. The lowest BCUT2D eigenvalue weighted by molar-refractivity contribution is 0.406. The monoisotopic (exact) mass is 248 g/mol. The highest BCUT2D eigenvalue weighted by atomic mass is 32.2. The maximum Gasteiger partial charge on any atom is 0.215 e. The molecule has 1 rings (SSSR count). The van der Waals surface area contributed by atoms with Gasteiger partial charge >= 0.3 is 0 Å². The summed E-state index contributed by atoms with van der Waals surface area (Å²) in [6.07, 6.45) is 2.37. The molecule has 0 heterocycles. The summed E-state index contributed by atoms with van der Waals surface area (Å²) >= 11 is 0. The molecule has 0 aromatic rings. The molecule has 1 fully saturated rings. The van der Waals surface area contributed by atoms with Gasteiger partial charge in [-0.15, -0.1) is 0 Å². The second kappa shape index (κ2) is 5.02. The zero-order valence-electron chi connectivity index (χ0n) is 10.7. The SMILES string of the molecule is CC(CNC1CC1)S(=O)(=O)NCC(C)(C)C. The number of rotatable bonds is 6. The fourth-order valence-corrected chi connectivity index (χ4v) is 2.42. The van der Waals surface area contributed by atoms with E-state index < -0.39 is 10.0 Å². The van der Waals surface area contributed by atoms with Gasteiger partial charge in [0.15, 0.2) is 0 Å². The maximum absolute atomic E-state index is 11.9. The van der Waals surface area contributed by atoms with Gasteiger partial charge in [0.1, 0.15) is 0 Å². The molecule has 5 heteroatoms. The molecule has 2 N–H and O–H groups in total. The summed E-state index contributed by atoms with van der Waals surface area (Å²) in [6, 6.07) is 0.556. The van der Waals surface area contributed by atoms with Crippen LogP contribution in [-0.2, 0) is 10.0 Å². The quantitative estimate of drug-likeness (QED) is 0.740. The Hall–Kier alpha value is -0.130. The van der Waals surface area contributed by atoms with E-state index in [0.29, 0.717) is 19.1 Å². The van der Waals surface area contributed by atoms with Crippen LogP contribution in [0.25, 0.3) is 0 Å². The van der Waals surface area contributed by atoms with E-state index in [2.05, 4.69) is 10.0 Å². The first-order valence-corrected chi connectivity index (χ1v) is 7.47. The Balaban J connectivity index is 2.35. The van der Waals surface area contributed by atoms with Gasteiger partial charge in [0, 0.05) is 19.1 Å². The Kier molecular flexibility index (Phi) is 4.37. The molecule has 0 spiro atoms. The van der Waals surface area contributed by atoms with Crippen molar-refractivity contribution in [1.29, 1.82) is 0 Å². The van der Waals surface area contributed by atoms with Crippen molar-refractivity contribution >= 4 is 10.0 Å². The molecule has 96 valence electrons. The van der Waals surface area contributed by atoms with Crippen LogP contribution in [0.15, 0.2) is 0 Å². The molecule has 0 amide bonds.